The highest BCUT2D eigenvalue weighted by Gasteiger charge is 2.38. The molecule has 1 saturated heterocycles. The molecule has 0 radical (unpaired) electrons. The minimum absolute atomic E-state index is 0.0486. The first-order valence-electron chi connectivity index (χ1n) is 12.4. The van der Waals surface area contributed by atoms with Gasteiger partial charge in [0, 0.05) is 50.3 Å². The SMILES string of the molecule is CN1CCc2nc(NC3CC3)c(N3CCC([C@@H](F)c4ccc(F)cc4F)CC3)nc2C1.O=C(O)C(F)(F)F. The van der Waals surface area contributed by atoms with Gasteiger partial charge in [-0.3, -0.25) is 0 Å². The van der Waals surface area contributed by atoms with Gasteiger partial charge in [0.1, 0.15) is 17.8 Å². The number of nitrogens with zero attached hydrogens (tertiary/aromatic N) is 4. The lowest BCUT2D eigenvalue weighted by Gasteiger charge is -2.36. The van der Waals surface area contributed by atoms with Crippen LogP contribution in [0.25, 0.3) is 0 Å². The Morgan fingerprint density at radius 2 is 1.74 bits per heavy atom. The van der Waals surface area contributed by atoms with Crippen molar-refractivity contribution in [1.29, 1.82) is 0 Å². The summed E-state index contributed by atoms with van der Waals surface area (Å²) in [5.74, 6) is -2.86. The van der Waals surface area contributed by atoms with E-state index in [1.165, 1.54) is 6.07 Å². The van der Waals surface area contributed by atoms with Gasteiger partial charge in [-0.05, 0) is 44.7 Å². The lowest BCUT2D eigenvalue weighted by molar-refractivity contribution is -0.192. The topological polar surface area (TPSA) is 81.6 Å². The van der Waals surface area contributed by atoms with Gasteiger partial charge in [0.25, 0.3) is 0 Å². The number of carboxylic acids is 1. The van der Waals surface area contributed by atoms with Gasteiger partial charge in [-0.15, -0.1) is 0 Å². The summed E-state index contributed by atoms with van der Waals surface area (Å²) in [5.41, 5.74) is 2.03. The smallest absolute Gasteiger partial charge is 0.475 e. The third-order valence-electron chi connectivity index (χ3n) is 6.86. The number of carbonyl (C=O) groups is 1. The van der Waals surface area contributed by atoms with Crippen molar-refractivity contribution in [2.45, 2.75) is 57.0 Å². The van der Waals surface area contributed by atoms with Crippen LogP contribution in [0.1, 0.15) is 48.8 Å². The fraction of sp³-hybridized carbons (Fsp3) is 0.560. The molecule has 0 bridgehead atoms. The van der Waals surface area contributed by atoms with Crippen molar-refractivity contribution in [1.82, 2.24) is 14.9 Å². The van der Waals surface area contributed by atoms with Crippen LogP contribution in [0.15, 0.2) is 18.2 Å². The Bertz CT molecular complexity index is 1150. The number of likely N-dealkylation sites (N-methyl/N-ethyl adjacent to an activating group) is 1. The molecule has 0 spiro atoms. The molecule has 2 N–H and O–H groups in total. The van der Waals surface area contributed by atoms with Gasteiger partial charge in [-0.25, -0.2) is 27.9 Å². The standard InChI is InChI=1S/C23H28F3N5.C2HF3O2/c1-30-9-8-19-20(13-30)29-23(22(28-19)27-16-3-4-16)31-10-6-14(7-11-31)21(26)17-5-2-15(24)12-18(17)25;3-2(4,5)1(6)7/h2,5,12,14,16,21H,3-4,6-11,13H2,1H3,(H,27,28);(H,6,7)/t21-;/m1./s1. The zero-order valence-corrected chi connectivity index (χ0v) is 20.7. The second-order valence-corrected chi connectivity index (χ2v) is 9.89. The molecule has 2 fully saturated rings. The molecule has 2 aromatic rings. The Balaban J connectivity index is 0.000000426. The van der Waals surface area contributed by atoms with E-state index < -0.39 is 30.0 Å². The number of carboxylic acid groups (broad SMARTS) is 1. The molecule has 208 valence electrons. The van der Waals surface area contributed by atoms with Crippen LogP contribution in [0.2, 0.25) is 0 Å². The van der Waals surface area contributed by atoms with Crippen LogP contribution in [0.4, 0.5) is 38.0 Å². The maximum atomic E-state index is 15.0. The number of hydrogen-bond donors (Lipinski definition) is 2. The highest BCUT2D eigenvalue weighted by molar-refractivity contribution is 5.73. The van der Waals surface area contributed by atoms with Crippen molar-refractivity contribution in [3.05, 3.63) is 46.8 Å². The second kappa shape index (κ2) is 11.3. The van der Waals surface area contributed by atoms with E-state index in [0.29, 0.717) is 32.0 Å². The maximum Gasteiger partial charge on any atom is 0.490 e. The van der Waals surface area contributed by atoms with E-state index in [0.717, 1.165) is 67.5 Å². The number of halogens is 6. The molecule has 1 aliphatic carbocycles. The summed E-state index contributed by atoms with van der Waals surface area (Å²) < 4.78 is 74.0. The van der Waals surface area contributed by atoms with Gasteiger partial charge in [-0.2, -0.15) is 13.2 Å². The Morgan fingerprint density at radius 3 is 2.32 bits per heavy atom. The van der Waals surface area contributed by atoms with Gasteiger partial charge in [0.15, 0.2) is 11.6 Å². The number of hydrogen-bond acceptors (Lipinski definition) is 6. The summed E-state index contributed by atoms with van der Waals surface area (Å²) in [6, 6.07) is 3.57. The van der Waals surface area contributed by atoms with Crippen LogP contribution in [0.3, 0.4) is 0 Å². The lowest BCUT2D eigenvalue weighted by Crippen LogP contribution is -2.37. The van der Waals surface area contributed by atoms with Gasteiger partial charge in [-0.1, -0.05) is 6.07 Å². The molecule has 1 aromatic heterocycles. The predicted octanol–water partition coefficient (Wildman–Crippen LogP) is 4.88. The first kappa shape index (κ1) is 27.9. The van der Waals surface area contributed by atoms with Crippen molar-refractivity contribution >= 4 is 17.6 Å². The van der Waals surface area contributed by atoms with Crippen molar-refractivity contribution < 1.29 is 36.2 Å². The fourth-order valence-electron chi connectivity index (χ4n) is 4.57. The van der Waals surface area contributed by atoms with Crippen LogP contribution in [0.5, 0.6) is 0 Å². The molecule has 1 aromatic carbocycles. The van der Waals surface area contributed by atoms with E-state index in [9.17, 15) is 22.0 Å². The predicted molar refractivity (Wildman–Crippen MR) is 128 cm³/mol. The summed E-state index contributed by atoms with van der Waals surface area (Å²) in [6.07, 6.45) is -2.16. The molecule has 13 heteroatoms. The molecule has 38 heavy (non-hydrogen) atoms. The van der Waals surface area contributed by atoms with E-state index in [2.05, 4.69) is 22.2 Å². The maximum absolute atomic E-state index is 15.0. The van der Waals surface area contributed by atoms with Crippen molar-refractivity contribution in [2.75, 3.05) is 36.9 Å². The second-order valence-electron chi connectivity index (χ2n) is 9.89. The number of rotatable bonds is 5. The molecular weight excluding hydrogens is 516 g/mol. The zero-order valence-electron chi connectivity index (χ0n) is 20.7. The molecule has 1 saturated carbocycles. The Morgan fingerprint density at radius 1 is 1.08 bits per heavy atom. The summed E-state index contributed by atoms with van der Waals surface area (Å²) in [4.78, 5) is 23.2. The number of piperidine rings is 1. The summed E-state index contributed by atoms with van der Waals surface area (Å²) in [7, 11) is 2.09. The Kier molecular flexibility index (Phi) is 8.34. The van der Waals surface area contributed by atoms with Crippen LogP contribution < -0.4 is 10.2 Å². The van der Waals surface area contributed by atoms with E-state index in [-0.39, 0.29) is 11.5 Å². The summed E-state index contributed by atoms with van der Waals surface area (Å²) in [6.45, 7) is 3.03. The third-order valence-corrected chi connectivity index (χ3v) is 6.86. The minimum Gasteiger partial charge on any atom is -0.475 e. The Labute approximate surface area is 215 Å². The van der Waals surface area contributed by atoms with Crippen LogP contribution in [-0.4, -0.2) is 64.8 Å². The number of aromatic nitrogens is 2. The molecule has 7 nitrogen and oxygen atoms in total. The van der Waals surface area contributed by atoms with Gasteiger partial charge >= 0.3 is 12.1 Å². The molecule has 3 aliphatic rings. The number of benzene rings is 1. The average Bonchev–Trinajstić information content (AvgIpc) is 3.67. The fourth-order valence-corrected chi connectivity index (χ4v) is 4.57. The van der Waals surface area contributed by atoms with Crippen molar-refractivity contribution in [3.63, 3.8) is 0 Å². The van der Waals surface area contributed by atoms with E-state index >= 15 is 4.39 Å². The quantitative estimate of drug-likeness (QED) is 0.519. The lowest BCUT2D eigenvalue weighted by atomic mass is 9.88. The van der Waals surface area contributed by atoms with Crippen LogP contribution in [-0.2, 0) is 17.8 Å². The minimum atomic E-state index is -5.08. The number of alkyl halides is 4. The molecular formula is C25H29F6N5O2. The van der Waals surface area contributed by atoms with E-state index in [4.69, 9.17) is 19.9 Å². The molecule has 0 amide bonds. The van der Waals surface area contributed by atoms with E-state index in [1.807, 2.05) is 0 Å². The molecule has 2 aliphatic heterocycles. The number of aliphatic carboxylic acids is 1. The molecule has 5 rings (SSSR count). The van der Waals surface area contributed by atoms with Crippen molar-refractivity contribution in [3.8, 4) is 0 Å². The van der Waals surface area contributed by atoms with E-state index in [1.54, 1.807) is 0 Å². The summed E-state index contributed by atoms with van der Waals surface area (Å²) >= 11 is 0. The van der Waals surface area contributed by atoms with Gasteiger partial charge in [0.05, 0.1) is 11.4 Å². The van der Waals surface area contributed by atoms with Gasteiger partial charge in [0.2, 0.25) is 0 Å². The molecule has 1 atom stereocenters. The Hall–Kier alpha value is -3.09. The highest BCUT2D eigenvalue weighted by Crippen LogP contribution is 2.38. The molecule has 0 unspecified atom stereocenters. The largest absolute Gasteiger partial charge is 0.490 e. The van der Waals surface area contributed by atoms with Gasteiger partial charge < -0.3 is 20.2 Å². The first-order chi connectivity index (χ1) is 17.9. The molecule has 3 heterocycles. The van der Waals surface area contributed by atoms with Crippen LogP contribution >= 0.6 is 0 Å². The third kappa shape index (κ3) is 6.86. The zero-order chi connectivity index (χ0) is 27.6. The first-order valence-corrected chi connectivity index (χ1v) is 12.4. The van der Waals surface area contributed by atoms with Crippen molar-refractivity contribution in [2.24, 2.45) is 5.92 Å². The summed E-state index contributed by atoms with van der Waals surface area (Å²) in [5, 5.41) is 10.7. The monoisotopic (exact) mass is 545 g/mol. The number of anilines is 2. The normalized spacial score (nSPS) is 19.3. The number of nitrogens with one attached hydrogen (secondary N) is 1. The average molecular weight is 546 g/mol. The highest BCUT2D eigenvalue weighted by atomic mass is 19.4. The van der Waals surface area contributed by atoms with Crippen LogP contribution in [0, 0.1) is 17.6 Å². The number of fused-ring (bicyclic) bond motifs is 1.